The van der Waals surface area contributed by atoms with E-state index in [0.717, 1.165) is 24.1 Å². The van der Waals surface area contributed by atoms with Gasteiger partial charge in [0, 0.05) is 13.1 Å². The van der Waals surface area contributed by atoms with E-state index in [1.54, 1.807) is 0 Å². The van der Waals surface area contributed by atoms with E-state index < -0.39 is 0 Å². The monoisotopic (exact) mass is 277 g/mol. The maximum absolute atomic E-state index is 12.4. The van der Waals surface area contributed by atoms with Gasteiger partial charge >= 0.3 is 0 Å². The van der Waals surface area contributed by atoms with Crippen molar-refractivity contribution < 1.29 is 4.79 Å². The van der Waals surface area contributed by atoms with Crippen LogP contribution in [0.2, 0.25) is 0 Å². The molecule has 1 atom stereocenters. The van der Waals surface area contributed by atoms with Crippen LogP contribution in [-0.2, 0) is 4.79 Å². The summed E-state index contributed by atoms with van der Waals surface area (Å²) in [6.45, 7) is 7.31. The molecule has 1 aromatic carbocycles. The summed E-state index contributed by atoms with van der Waals surface area (Å²) in [5, 5.41) is 0. The molecule has 0 fully saturated rings. The minimum absolute atomic E-state index is 0.103. The minimum Gasteiger partial charge on any atom is -0.341 e. The van der Waals surface area contributed by atoms with Gasteiger partial charge in [0.25, 0.3) is 0 Å². The molecule has 5 heteroatoms. The number of benzene rings is 1. The number of rotatable bonds is 4. The Morgan fingerprint density at radius 2 is 2.00 bits per heavy atom. The molecule has 0 aliphatic carbocycles. The molecule has 2 aromatic rings. The van der Waals surface area contributed by atoms with Gasteiger partial charge in [-0.2, -0.15) is 0 Å². The Morgan fingerprint density at radius 3 is 2.63 bits per heavy atom. The van der Waals surface area contributed by atoms with E-state index in [2.05, 4.69) is 4.98 Å². The van der Waals surface area contributed by atoms with Crippen molar-refractivity contribution in [3.63, 3.8) is 0 Å². The van der Waals surface area contributed by atoms with Gasteiger partial charge in [-0.15, -0.1) is 0 Å². The van der Waals surface area contributed by atoms with Crippen LogP contribution in [0.5, 0.6) is 0 Å². The lowest BCUT2D eigenvalue weighted by atomic mass is 10.2. The lowest BCUT2D eigenvalue weighted by molar-refractivity contribution is -0.133. The summed E-state index contributed by atoms with van der Waals surface area (Å²) in [6.07, 6.45) is 0. The van der Waals surface area contributed by atoms with Crippen LogP contribution < -0.4 is 0 Å². The number of hydrogen-bond donors (Lipinski definition) is 1. The van der Waals surface area contributed by atoms with Crippen molar-refractivity contribution >= 4 is 29.2 Å². The average molecular weight is 277 g/mol. The number of hydrogen-bond acceptors (Lipinski definition) is 2. The zero-order valence-electron chi connectivity index (χ0n) is 11.5. The highest BCUT2D eigenvalue weighted by atomic mass is 32.1. The second kappa shape index (κ2) is 5.57. The molecule has 0 spiro atoms. The molecule has 1 heterocycles. The van der Waals surface area contributed by atoms with E-state index in [0.29, 0.717) is 4.77 Å². The standard InChI is InChI=1S/C14H19N3OS/c1-4-16(5-2)13(18)10(3)17-12-9-7-6-8-11(12)15-14(17)19/h6-10H,4-5H2,1-3H3,(H,15,19). The highest BCUT2D eigenvalue weighted by molar-refractivity contribution is 7.71. The zero-order chi connectivity index (χ0) is 14.0. The van der Waals surface area contributed by atoms with E-state index in [-0.39, 0.29) is 11.9 Å². The fraction of sp³-hybridized carbons (Fsp3) is 0.429. The van der Waals surface area contributed by atoms with Crippen LogP contribution >= 0.6 is 12.2 Å². The Kier molecular flexibility index (Phi) is 4.04. The van der Waals surface area contributed by atoms with Gasteiger partial charge in [0.2, 0.25) is 5.91 Å². The molecule has 102 valence electrons. The normalized spacial score (nSPS) is 12.6. The van der Waals surface area contributed by atoms with Crippen molar-refractivity contribution in [3.05, 3.63) is 29.0 Å². The van der Waals surface area contributed by atoms with Crippen LogP contribution in [0.15, 0.2) is 24.3 Å². The fourth-order valence-electron chi connectivity index (χ4n) is 2.37. The summed E-state index contributed by atoms with van der Waals surface area (Å²) in [4.78, 5) is 17.4. The van der Waals surface area contributed by atoms with Crippen molar-refractivity contribution in [2.45, 2.75) is 26.8 Å². The van der Waals surface area contributed by atoms with Gasteiger partial charge in [-0.25, -0.2) is 0 Å². The van der Waals surface area contributed by atoms with E-state index in [1.807, 2.05) is 54.5 Å². The number of amides is 1. The number of likely N-dealkylation sites (N-methyl/N-ethyl adjacent to an activating group) is 1. The molecule has 19 heavy (non-hydrogen) atoms. The quantitative estimate of drug-likeness (QED) is 0.872. The first-order valence-electron chi connectivity index (χ1n) is 6.58. The first-order chi connectivity index (χ1) is 9.10. The molecule has 2 rings (SSSR count). The Morgan fingerprint density at radius 1 is 1.37 bits per heavy atom. The zero-order valence-corrected chi connectivity index (χ0v) is 12.3. The average Bonchev–Trinajstić information content (AvgIpc) is 2.75. The van der Waals surface area contributed by atoms with Crippen LogP contribution in [0.25, 0.3) is 11.0 Å². The lowest BCUT2D eigenvalue weighted by Crippen LogP contribution is -2.36. The molecule has 1 N–H and O–H groups in total. The van der Waals surface area contributed by atoms with Crippen molar-refractivity contribution in [2.24, 2.45) is 0 Å². The second-order valence-electron chi connectivity index (χ2n) is 4.50. The number of H-pyrrole nitrogens is 1. The van der Waals surface area contributed by atoms with Crippen molar-refractivity contribution in [3.8, 4) is 0 Å². The third kappa shape index (κ3) is 2.42. The fourth-order valence-corrected chi connectivity index (χ4v) is 2.74. The van der Waals surface area contributed by atoms with Crippen molar-refractivity contribution in [2.75, 3.05) is 13.1 Å². The second-order valence-corrected chi connectivity index (χ2v) is 4.89. The molecule has 1 aromatic heterocycles. The van der Waals surface area contributed by atoms with Gasteiger partial charge in [0.1, 0.15) is 6.04 Å². The molecule has 4 nitrogen and oxygen atoms in total. The highest BCUT2D eigenvalue weighted by Gasteiger charge is 2.21. The molecular formula is C14H19N3OS. The van der Waals surface area contributed by atoms with Gasteiger partial charge in [-0.3, -0.25) is 4.79 Å². The summed E-state index contributed by atoms with van der Waals surface area (Å²) >= 11 is 5.34. The molecule has 0 saturated heterocycles. The van der Waals surface area contributed by atoms with E-state index in [4.69, 9.17) is 12.2 Å². The molecule has 0 aliphatic heterocycles. The topological polar surface area (TPSA) is 41.0 Å². The number of fused-ring (bicyclic) bond motifs is 1. The third-order valence-corrected chi connectivity index (χ3v) is 3.74. The number of nitrogens with zero attached hydrogens (tertiary/aromatic N) is 2. The maximum atomic E-state index is 12.4. The molecule has 1 amide bonds. The number of carbonyl (C=O) groups is 1. The molecule has 1 unspecified atom stereocenters. The first kappa shape index (κ1) is 13.8. The number of para-hydroxylation sites is 2. The number of carbonyl (C=O) groups excluding carboxylic acids is 1. The first-order valence-corrected chi connectivity index (χ1v) is 6.99. The molecular weight excluding hydrogens is 258 g/mol. The minimum atomic E-state index is -0.288. The Balaban J connectivity index is 2.47. The van der Waals surface area contributed by atoms with Gasteiger partial charge in [0.15, 0.2) is 4.77 Å². The van der Waals surface area contributed by atoms with Crippen LogP contribution in [0, 0.1) is 4.77 Å². The van der Waals surface area contributed by atoms with Crippen molar-refractivity contribution in [1.82, 2.24) is 14.5 Å². The predicted octanol–water partition coefficient (Wildman–Crippen LogP) is 3.13. The van der Waals surface area contributed by atoms with Crippen LogP contribution in [0.4, 0.5) is 0 Å². The largest absolute Gasteiger partial charge is 0.341 e. The van der Waals surface area contributed by atoms with E-state index >= 15 is 0 Å². The molecule has 0 saturated carbocycles. The summed E-state index contributed by atoms with van der Waals surface area (Å²) < 4.78 is 2.49. The van der Waals surface area contributed by atoms with Crippen LogP contribution in [0.1, 0.15) is 26.8 Å². The maximum Gasteiger partial charge on any atom is 0.245 e. The third-order valence-electron chi connectivity index (χ3n) is 3.44. The number of imidazole rings is 1. The summed E-state index contributed by atoms with van der Waals surface area (Å²) in [5.41, 5.74) is 1.94. The molecule has 0 radical (unpaired) electrons. The van der Waals surface area contributed by atoms with Gasteiger partial charge in [0.05, 0.1) is 11.0 Å². The summed E-state index contributed by atoms with van der Waals surface area (Å²) in [6, 6.07) is 7.57. The number of nitrogens with one attached hydrogen (secondary N) is 1. The van der Waals surface area contributed by atoms with E-state index in [9.17, 15) is 4.79 Å². The highest BCUT2D eigenvalue weighted by Crippen LogP contribution is 2.20. The Labute approximate surface area is 118 Å². The molecule has 0 bridgehead atoms. The van der Waals surface area contributed by atoms with Crippen LogP contribution in [0.3, 0.4) is 0 Å². The predicted molar refractivity (Wildman–Crippen MR) is 79.8 cm³/mol. The van der Waals surface area contributed by atoms with Gasteiger partial charge in [-0.1, -0.05) is 12.1 Å². The Bertz CT molecular complexity index is 639. The summed E-state index contributed by atoms with van der Waals surface area (Å²) in [5.74, 6) is 0.103. The lowest BCUT2D eigenvalue weighted by Gasteiger charge is -2.24. The smallest absolute Gasteiger partial charge is 0.245 e. The number of aromatic nitrogens is 2. The molecule has 0 aliphatic rings. The van der Waals surface area contributed by atoms with Crippen LogP contribution in [-0.4, -0.2) is 33.4 Å². The SMILES string of the molecule is CCN(CC)C(=O)C(C)n1c(=S)[nH]c2ccccc21. The summed E-state index contributed by atoms with van der Waals surface area (Å²) in [7, 11) is 0. The van der Waals surface area contributed by atoms with Gasteiger partial charge in [-0.05, 0) is 45.1 Å². The van der Waals surface area contributed by atoms with Crippen molar-refractivity contribution in [1.29, 1.82) is 0 Å². The van der Waals surface area contributed by atoms with E-state index in [1.165, 1.54) is 0 Å². The number of aromatic amines is 1. The van der Waals surface area contributed by atoms with Gasteiger partial charge < -0.3 is 14.5 Å². The Hall–Kier alpha value is -1.62.